The van der Waals surface area contributed by atoms with Gasteiger partial charge in [-0.25, -0.2) is 4.79 Å². The number of ether oxygens (including phenoxy) is 2. The monoisotopic (exact) mass is 274 g/mol. The van der Waals surface area contributed by atoms with Gasteiger partial charge in [0, 0.05) is 5.69 Å². The van der Waals surface area contributed by atoms with Gasteiger partial charge in [-0.05, 0) is 36.8 Å². The number of carbonyl (C=O) groups is 1. The average molecular weight is 274 g/mol. The summed E-state index contributed by atoms with van der Waals surface area (Å²) in [6.45, 7) is 2.58. The van der Waals surface area contributed by atoms with Crippen molar-refractivity contribution < 1.29 is 14.3 Å². The summed E-state index contributed by atoms with van der Waals surface area (Å²) in [5, 5.41) is 3.27. The molecule has 0 amide bonds. The number of esters is 1. The lowest BCUT2D eigenvalue weighted by Crippen LogP contribution is -2.04. The number of H-pyrrole nitrogens is 1. The van der Waals surface area contributed by atoms with Gasteiger partial charge >= 0.3 is 5.97 Å². The molecule has 20 heavy (non-hydrogen) atoms. The fourth-order valence-electron chi connectivity index (χ4n) is 1.91. The Labute approximate surface area is 117 Å². The van der Waals surface area contributed by atoms with Crippen LogP contribution in [0, 0.1) is 6.92 Å². The summed E-state index contributed by atoms with van der Waals surface area (Å²) in [5.41, 5.74) is 3.39. The van der Waals surface area contributed by atoms with E-state index in [1.54, 1.807) is 13.2 Å². The zero-order chi connectivity index (χ0) is 14.5. The van der Waals surface area contributed by atoms with E-state index in [0.29, 0.717) is 12.2 Å². The van der Waals surface area contributed by atoms with E-state index in [9.17, 15) is 4.79 Å². The van der Waals surface area contributed by atoms with Crippen LogP contribution in [0.15, 0.2) is 30.3 Å². The smallest absolute Gasteiger partial charge is 0.354 e. The van der Waals surface area contributed by atoms with E-state index >= 15 is 0 Å². The van der Waals surface area contributed by atoms with Crippen LogP contribution in [-0.4, -0.2) is 25.2 Å². The molecule has 2 N–H and O–H groups in total. The minimum atomic E-state index is -0.371. The quantitative estimate of drug-likeness (QED) is 0.823. The second-order valence-corrected chi connectivity index (χ2v) is 4.45. The highest BCUT2D eigenvalue weighted by Crippen LogP contribution is 2.25. The van der Waals surface area contributed by atoms with Gasteiger partial charge < -0.3 is 19.8 Å². The zero-order valence-corrected chi connectivity index (χ0v) is 11.8. The van der Waals surface area contributed by atoms with Crippen LogP contribution in [0.5, 0.6) is 5.75 Å². The summed E-state index contributed by atoms with van der Waals surface area (Å²) in [6, 6.07) is 9.50. The lowest BCUT2D eigenvalue weighted by Gasteiger charge is -2.11. The van der Waals surface area contributed by atoms with Crippen LogP contribution in [-0.2, 0) is 11.3 Å². The minimum absolute atomic E-state index is 0.371. The van der Waals surface area contributed by atoms with Crippen molar-refractivity contribution in [3.05, 3.63) is 47.3 Å². The molecule has 0 spiro atoms. The summed E-state index contributed by atoms with van der Waals surface area (Å²) in [6.07, 6.45) is 0. The van der Waals surface area contributed by atoms with Crippen molar-refractivity contribution in [2.24, 2.45) is 0 Å². The number of aromatic nitrogens is 1. The van der Waals surface area contributed by atoms with Gasteiger partial charge in [-0.2, -0.15) is 0 Å². The molecule has 0 saturated heterocycles. The summed E-state index contributed by atoms with van der Waals surface area (Å²) < 4.78 is 9.98. The number of nitrogens with one attached hydrogen (secondary N) is 2. The molecule has 0 aliphatic heterocycles. The molecule has 1 aromatic carbocycles. The molecule has 2 rings (SSSR count). The topological polar surface area (TPSA) is 63.4 Å². The Kier molecular flexibility index (Phi) is 4.30. The number of benzene rings is 1. The third kappa shape index (κ3) is 3.12. The number of hydrogen-bond donors (Lipinski definition) is 2. The number of methoxy groups -OCH3 is 2. The fourth-order valence-corrected chi connectivity index (χ4v) is 1.91. The first-order valence-electron chi connectivity index (χ1n) is 6.28. The van der Waals surface area contributed by atoms with E-state index in [1.807, 2.05) is 31.2 Å². The van der Waals surface area contributed by atoms with Crippen LogP contribution in [0.4, 0.5) is 5.69 Å². The Balaban J connectivity index is 2.05. The van der Waals surface area contributed by atoms with Crippen molar-refractivity contribution in [2.45, 2.75) is 13.5 Å². The average Bonchev–Trinajstić information content (AvgIpc) is 2.93. The van der Waals surface area contributed by atoms with E-state index in [-0.39, 0.29) is 5.97 Å². The lowest BCUT2D eigenvalue weighted by atomic mass is 10.2. The Hall–Kier alpha value is -2.43. The Morgan fingerprint density at radius 1 is 1.25 bits per heavy atom. The summed E-state index contributed by atoms with van der Waals surface area (Å²) in [7, 11) is 3.00. The molecule has 0 unspecified atom stereocenters. The second-order valence-electron chi connectivity index (χ2n) is 4.45. The van der Waals surface area contributed by atoms with Gasteiger partial charge in [0.1, 0.15) is 11.4 Å². The second kappa shape index (κ2) is 6.14. The maximum atomic E-state index is 11.3. The molecule has 5 nitrogen and oxygen atoms in total. The highest BCUT2D eigenvalue weighted by atomic mass is 16.5. The van der Waals surface area contributed by atoms with Gasteiger partial charge in [0.05, 0.1) is 26.5 Å². The van der Waals surface area contributed by atoms with Crippen LogP contribution >= 0.6 is 0 Å². The zero-order valence-electron chi connectivity index (χ0n) is 11.8. The van der Waals surface area contributed by atoms with Crippen molar-refractivity contribution in [2.75, 3.05) is 19.5 Å². The SMILES string of the molecule is COC(=O)c1ccc(CNc2ccc(C)cc2OC)[nH]1. The first-order chi connectivity index (χ1) is 9.63. The maximum absolute atomic E-state index is 11.3. The molecule has 0 fully saturated rings. The first-order valence-corrected chi connectivity index (χ1v) is 6.28. The van der Waals surface area contributed by atoms with E-state index in [4.69, 9.17) is 4.74 Å². The Bertz CT molecular complexity index is 605. The largest absolute Gasteiger partial charge is 0.495 e. The summed E-state index contributed by atoms with van der Waals surface area (Å²) >= 11 is 0. The van der Waals surface area contributed by atoms with Gasteiger partial charge in [-0.1, -0.05) is 6.07 Å². The van der Waals surface area contributed by atoms with E-state index in [2.05, 4.69) is 15.0 Å². The predicted octanol–water partition coefficient (Wildman–Crippen LogP) is 2.73. The predicted molar refractivity (Wildman–Crippen MR) is 77.2 cm³/mol. The summed E-state index contributed by atoms with van der Waals surface area (Å²) in [4.78, 5) is 14.4. The van der Waals surface area contributed by atoms with Crippen molar-refractivity contribution >= 4 is 11.7 Å². The molecule has 5 heteroatoms. The first kappa shape index (κ1) is 14.0. The van der Waals surface area contributed by atoms with Gasteiger partial charge in [-0.3, -0.25) is 0 Å². The number of aryl methyl sites for hydroxylation is 1. The third-order valence-electron chi connectivity index (χ3n) is 2.98. The van der Waals surface area contributed by atoms with Crippen LogP contribution in [0.3, 0.4) is 0 Å². The van der Waals surface area contributed by atoms with Crippen molar-refractivity contribution in [1.29, 1.82) is 0 Å². The molecule has 0 saturated carbocycles. The Morgan fingerprint density at radius 3 is 2.75 bits per heavy atom. The standard InChI is InChI=1S/C15H18N2O3/c1-10-4-6-12(14(8-10)19-2)16-9-11-5-7-13(17-11)15(18)20-3/h4-8,16-17H,9H2,1-3H3. The number of hydrogen-bond acceptors (Lipinski definition) is 4. The molecule has 0 aliphatic carbocycles. The number of rotatable bonds is 5. The molecule has 1 aromatic heterocycles. The van der Waals surface area contributed by atoms with Crippen molar-refractivity contribution in [3.63, 3.8) is 0 Å². The van der Waals surface area contributed by atoms with Gasteiger partial charge in [0.15, 0.2) is 0 Å². The highest BCUT2D eigenvalue weighted by Gasteiger charge is 2.08. The minimum Gasteiger partial charge on any atom is -0.495 e. The number of aromatic amines is 1. The maximum Gasteiger partial charge on any atom is 0.354 e. The molecule has 0 radical (unpaired) electrons. The van der Waals surface area contributed by atoms with Gasteiger partial charge in [0.25, 0.3) is 0 Å². The summed E-state index contributed by atoms with van der Waals surface area (Å²) in [5.74, 6) is 0.425. The number of carbonyl (C=O) groups excluding carboxylic acids is 1. The van der Waals surface area contributed by atoms with E-state index in [0.717, 1.165) is 22.7 Å². The highest BCUT2D eigenvalue weighted by molar-refractivity contribution is 5.87. The fraction of sp³-hybridized carbons (Fsp3) is 0.267. The van der Waals surface area contributed by atoms with E-state index < -0.39 is 0 Å². The number of anilines is 1. The molecular formula is C15H18N2O3. The lowest BCUT2D eigenvalue weighted by molar-refractivity contribution is 0.0594. The van der Waals surface area contributed by atoms with Crippen LogP contribution in [0.25, 0.3) is 0 Å². The van der Waals surface area contributed by atoms with Crippen LogP contribution in [0.2, 0.25) is 0 Å². The third-order valence-corrected chi connectivity index (χ3v) is 2.98. The normalized spacial score (nSPS) is 10.2. The molecule has 1 heterocycles. The molecule has 106 valence electrons. The van der Waals surface area contributed by atoms with Crippen molar-refractivity contribution in [1.82, 2.24) is 4.98 Å². The molecule has 0 atom stereocenters. The molecule has 0 aliphatic rings. The van der Waals surface area contributed by atoms with Gasteiger partial charge in [0.2, 0.25) is 0 Å². The van der Waals surface area contributed by atoms with Crippen LogP contribution < -0.4 is 10.1 Å². The van der Waals surface area contributed by atoms with E-state index in [1.165, 1.54) is 7.11 Å². The molecular weight excluding hydrogens is 256 g/mol. The Morgan fingerprint density at radius 2 is 2.05 bits per heavy atom. The van der Waals surface area contributed by atoms with Crippen LogP contribution in [0.1, 0.15) is 21.7 Å². The van der Waals surface area contributed by atoms with Crippen molar-refractivity contribution in [3.8, 4) is 5.75 Å². The molecule has 0 bridgehead atoms. The van der Waals surface area contributed by atoms with Gasteiger partial charge in [-0.15, -0.1) is 0 Å². The molecule has 2 aromatic rings.